The maximum Gasteiger partial charge on any atom is 0.390 e. The monoisotopic (exact) mass is 272 g/mol. The molecular weight excluding hydrogens is 253 g/mol. The number of fused-ring (bicyclic) bond motifs is 1. The Morgan fingerprint density at radius 2 is 2.00 bits per heavy atom. The summed E-state index contributed by atoms with van der Waals surface area (Å²) in [6, 6.07) is 8.13. The van der Waals surface area contributed by atoms with Crippen molar-refractivity contribution in [3.05, 3.63) is 29.8 Å². The number of anilines is 1. The van der Waals surface area contributed by atoms with Gasteiger partial charge in [0, 0.05) is 24.7 Å². The lowest BCUT2D eigenvalue weighted by atomic mass is 9.98. The molecule has 0 fully saturated rings. The van der Waals surface area contributed by atoms with Gasteiger partial charge in [0.05, 0.1) is 6.42 Å². The summed E-state index contributed by atoms with van der Waals surface area (Å²) >= 11 is 0. The number of para-hydroxylation sites is 1. The van der Waals surface area contributed by atoms with E-state index in [2.05, 4.69) is 11.4 Å². The van der Waals surface area contributed by atoms with Gasteiger partial charge in [0.1, 0.15) is 0 Å². The van der Waals surface area contributed by atoms with Gasteiger partial charge in [-0.25, -0.2) is 0 Å². The first-order valence-corrected chi connectivity index (χ1v) is 6.54. The number of rotatable bonds is 5. The smallest absolute Gasteiger partial charge is 0.384 e. The van der Waals surface area contributed by atoms with E-state index in [1.54, 1.807) is 11.9 Å². The van der Waals surface area contributed by atoms with Gasteiger partial charge in [0.15, 0.2) is 0 Å². The zero-order valence-electron chi connectivity index (χ0n) is 11.0. The second-order valence-corrected chi connectivity index (χ2v) is 5.12. The van der Waals surface area contributed by atoms with E-state index in [1.165, 1.54) is 5.56 Å². The average Bonchev–Trinajstić information content (AvgIpc) is 2.76. The Labute approximate surface area is 111 Å². The molecule has 1 aromatic carbocycles. The molecule has 0 spiro atoms. The van der Waals surface area contributed by atoms with Crippen LogP contribution in [-0.4, -0.2) is 37.8 Å². The van der Waals surface area contributed by atoms with E-state index < -0.39 is 12.6 Å². The SMILES string of the molecule is CN(CCC1CNc2ccccc21)CCC(F)(F)F. The molecule has 2 nitrogen and oxygen atoms in total. The first kappa shape index (κ1) is 14.2. The number of alkyl halides is 3. The summed E-state index contributed by atoms with van der Waals surface area (Å²) in [5, 5.41) is 3.33. The third-order valence-corrected chi connectivity index (χ3v) is 3.58. The molecule has 0 bridgehead atoms. The standard InChI is InChI=1S/C14H19F3N2/c1-19(9-7-14(15,16)17)8-6-11-10-18-13-5-3-2-4-12(11)13/h2-5,11,18H,6-10H2,1H3. The minimum Gasteiger partial charge on any atom is -0.384 e. The van der Waals surface area contributed by atoms with Crippen LogP contribution in [0.15, 0.2) is 24.3 Å². The van der Waals surface area contributed by atoms with Crippen LogP contribution in [-0.2, 0) is 0 Å². The molecule has 106 valence electrons. The lowest BCUT2D eigenvalue weighted by molar-refractivity contribution is -0.137. The minimum atomic E-state index is -4.06. The van der Waals surface area contributed by atoms with E-state index in [9.17, 15) is 13.2 Å². The van der Waals surface area contributed by atoms with Gasteiger partial charge in [-0.15, -0.1) is 0 Å². The van der Waals surface area contributed by atoms with E-state index >= 15 is 0 Å². The van der Waals surface area contributed by atoms with E-state index in [0.29, 0.717) is 12.5 Å². The molecule has 0 saturated carbocycles. The highest BCUT2D eigenvalue weighted by Crippen LogP contribution is 2.33. The molecule has 1 aliphatic heterocycles. The largest absolute Gasteiger partial charge is 0.390 e. The Bertz CT molecular complexity index is 417. The lowest BCUT2D eigenvalue weighted by Gasteiger charge is -2.19. The molecule has 0 aromatic heterocycles. The Hall–Kier alpha value is -1.23. The molecule has 0 amide bonds. The highest BCUT2D eigenvalue weighted by Gasteiger charge is 2.27. The van der Waals surface area contributed by atoms with Crippen molar-refractivity contribution in [1.29, 1.82) is 0 Å². The van der Waals surface area contributed by atoms with Gasteiger partial charge >= 0.3 is 6.18 Å². The van der Waals surface area contributed by atoms with Gasteiger partial charge < -0.3 is 10.2 Å². The predicted molar refractivity (Wildman–Crippen MR) is 70.5 cm³/mol. The molecule has 1 aliphatic rings. The molecule has 1 unspecified atom stereocenters. The fourth-order valence-corrected chi connectivity index (χ4v) is 2.42. The zero-order chi connectivity index (χ0) is 13.9. The Balaban J connectivity index is 1.78. The lowest BCUT2D eigenvalue weighted by Crippen LogP contribution is -2.26. The number of benzene rings is 1. The molecule has 1 N–H and O–H groups in total. The minimum absolute atomic E-state index is 0.0747. The number of hydrogen-bond acceptors (Lipinski definition) is 2. The van der Waals surface area contributed by atoms with Crippen molar-refractivity contribution in [2.45, 2.75) is 24.9 Å². The molecule has 5 heteroatoms. The van der Waals surface area contributed by atoms with Gasteiger partial charge in [0.2, 0.25) is 0 Å². The first-order valence-electron chi connectivity index (χ1n) is 6.54. The van der Waals surface area contributed by atoms with Crippen LogP contribution < -0.4 is 5.32 Å². The van der Waals surface area contributed by atoms with Gasteiger partial charge in [0.25, 0.3) is 0 Å². The summed E-state index contributed by atoms with van der Waals surface area (Å²) in [7, 11) is 1.75. The molecule has 1 atom stereocenters. The highest BCUT2D eigenvalue weighted by molar-refractivity contribution is 5.57. The van der Waals surface area contributed by atoms with E-state index in [0.717, 1.165) is 18.7 Å². The molecule has 1 heterocycles. The molecule has 19 heavy (non-hydrogen) atoms. The van der Waals surface area contributed by atoms with E-state index in [-0.39, 0.29) is 6.54 Å². The van der Waals surface area contributed by atoms with Gasteiger partial charge in [-0.05, 0) is 31.6 Å². The second-order valence-electron chi connectivity index (χ2n) is 5.12. The van der Waals surface area contributed by atoms with Crippen LogP contribution in [0.1, 0.15) is 24.3 Å². The van der Waals surface area contributed by atoms with Crippen molar-refractivity contribution in [2.24, 2.45) is 0 Å². The molecule has 1 aromatic rings. The normalized spacial score (nSPS) is 18.5. The van der Waals surface area contributed by atoms with Gasteiger partial charge in [-0.3, -0.25) is 0 Å². The van der Waals surface area contributed by atoms with Crippen LogP contribution >= 0.6 is 0 Å². The quantitative estimate of drug-likeness (QED) is 0.883. The van der Waals surface area contributed by atoms with Crippen molar-refractivity contribution in [3.63, 3.8) is 0 Å². The van der Waals surface area contributed by atoms with E-state index in [1.807, 2.05) is 18.2 Å². The molecule has 0 radical (unpaired) electrons. The molecule has 0 aliphatic carbocycles. The third kappa shape index (κ3) is 4.13. The number of nitrogens with one attached hydrogen (secondary N) is 1. The number of hydrogen-bond donors (Lipinski definition) is 1. The van der Waals surface area contributed by atoms with Crippen molar-refractivity contribution >= 4 is 5.69 Å². The van der Waals surface area contributed by atoms with Crippen LogP contribution in [0.3, 0.4) is 0 Å². The number of halogens is 3. The van der Waals surface area contributed by atoms with Crippen LogP contribution in [0, 0.1) is 0 Å². The maximum absolute atomic E-state index is 12.1. The first-order chi connectivity index (χ1) is 8.96. The van der Waals surface area contributed by atoms with E-state index in [4.69, 9.17) is 0 Å². The van der Waals surface area contributed by atoms with Crippen molar-refractivity contribution < 1.29 is 13.2 Å². The summed E-state index contributed by atoms with van der Waals surface area (Å²) in [6.07, 6.45) is -3.91. The summed E-state index contributed by atoms with van der Waals surface area (Å²) in [6.45, 7) is 1.65. The average molecular weight is 272 g/mol. The topological polar surface area (TPSA) is 15.3 Å². The predicted octanol–water partition coefficient (Wildman–Crippen LogP) is 3.47. The van der Waals surface area contributed by atoms with Crippen molar-refractivity contribution in [2.75, 3.05) is 32.0 Å². The van der Waals surface area contributed by atoms with Crippen LogP contribution in [0.2, 0.25) is 0 Å². The molecule has 0 saturated heterocycles. The maximum atomic E-state index is 12.1. The highest BCUT2D eigenvalue weighted by atomic mass is 19.4. The summed E-state index contributed by atoms with van der Waals surface area (Å²) in [4.78, 5) is 1.76. The van der Waals surface area contributed by atoms with Crippen LogP contribution in [0.4, 0.5) is 18.9 Å². The Morgan fingerprint density at radius 1 is 1.26 bits per heavy atom. The summed E-state index contributed by atoms with van der Waals surface area (Å²) in [5.74, 6) is 0.407. The van der Waals surface area contributed by atoms with Crippen LogP contribution in [0.25, 0.3) is 0 Å². The summed E-state index contributed by atoms with van der Waals surface area (Å²) in [5.41, 5.74) is 2.44. The molecule has 2 rings (SSSR count). The Morgan fingerprint density at radius 3 is 2.74 bits per heavy atom. The molecular formula is C14H19F3N2. The fraction of sp³-hybridized carbons (Fsp3) is 0.571. The van der Waals surface area contributed by atoms with Gasteiger partial charge in [-0.2, -0.15) is 13.2 Å². The second kappa shape index (κ2) is 5.82. The van der Waals surface area contributed by atoms with Crippen LogP contribution in [0.5, 0.6) is 0 Å². The van der Waals surface area contributed by atoms with Crippen molar-refractivity contribution in [3.8, 4) is 0 Å². The zero-order valence-corrected chi connectivity index (χ0v) is 11.0. The van der Waals surface area contributed by atoms with Gasteiger partial charge in [-0.1, -0.05) is 18.2 Å². The third-order valence-electron chi connectivity index (χ3n) is 3.58. The van der Waals surface area contributed by atoms with Crippen molar-refractivity contribution in [1.82, 2.24) is 4.90 Å². The fourth-order valence-electron chi connectivity index (χ4n) is 2.42. The number of nitrogens with zero attached hydrogens (tertiary/aromatic N) is 1. The summed E-state index contributed by atoms with van der Waals surface area (Å²) < 4.78 is 36.4. The Kier molecular flexibility index (Phi) is 4.34.